The van der Waals surface area contributed by atoms with Gasteiger partial charge in [-0.1, -0.05) is 6.07 Å². The molecular formula is C33H29FN4O2S. The highest BCUT2D eigenvalue weighted by Gasteiger charge is 2.42. The number of rotatable bonds is 7. The fourth-order valence-corrected chi connectivity index (χ4v) is 5.82. The minimum absolute atomic E-state index is 0.175. The first-order valence-corrected chi connectivity index (χ1v) is 13.7. The molecule has 0 aliphatic carbocycles. The second kappa shape index (κ2) is 11.1. The molecule has 1 aliphatic rings. The maximum atomic E-state index is 13.7. The Morgan fingerprint density at radius 3 is 2.10 bits per heavy atom. The van der Waals surface area contributed by atoms with Crippen LogP contribution in [-0.2, 0) is 0 Å². The number of ether oxygens (including phenoxy) is 2. The molecule has 3 heterocycles. The summed E-state index contributed by atoms with van der Waals surface area (Å²) in [7, 11) is 1.64. The van der Waals surface area contributed by atoms with Gasteiger partial charge in [-0.15, -0.1) is 0 Å². The number of halogens is 1. The fraction of sp³-hybridized carbons (Fsp3) is 0.152. The van der Waals surface area contributed by atoms with Gasteiger partial charge in [0.05, 0.1) is 24.9 Å². The lowest BCUT2D eigenvalue weighted by molar-refractivity contribution is 0.413. The maximum Gasteiger partial charge on any atom is 0.174 e. The average Bonchev–Trinajstić information content (AvgIpc) is 3.49. The predicted molar refractivity (Wildman–Crippen MR) is 163 cm³/mol. The van der Waals surface area contributed by atoms with Gasteiger partial charge in [0.15, 0.2) is 5.11 Å². The van der Waals surface area contributed by atoms with Gasteiger partial charge in [-0.25, -0.2) is 4.39 Å². The Morgan fingerprint density at radius 1 is 0.829 bits per heavy atom. The topological polar surface area (TPSA) is 51.6 Å². The molecule has 0 amide bonds. The number of hydrogen-bond donors (Lipinski definition) is 1. The number of methoxy groups -OCH3 is 1. The van der Waals surface area contributed by atoms with Crippen molar-refractivity contribution in [3.63, 3.8) is 0 Å². The van der Waals surface area contributed by atoms with Gasteiger partial charge in [-0.2, -0.15) is 0 Å². The first-order valence-electron chi connectivity index (χ1n) is 13.3. The summed E-state index contributed by atoms with van der Waals surface area (Å²) < 4.78 is 27.1. The van der Waals surface area contributed by atoms with E-state index >= 15 is 0 Å². The van der Waals surface area contributed by atoms with E-state index in [2.05, 4.69) is 39.7 Å². The van der Waals surface area contributed by atoms with Crippen molar-refractivity contribution in [2.75, 3.05) is 12.0 Å². The standard InChI is InChI=1S/C33H29FN4O2S/c1-21-20-29(22(2)37(21)24-9-7-23(34)8-10-24)32-31(30-6-4-5-19-35-30)36-33(41)38(32)25-11-13-27(14-12-25)40-28-17-15-26(39-3)16-18-28/h4-20,31-32H,1-3H3,(H,36,41)/t31-,32+/m1/s1. The number of aryl methyl sites for hydroxylation is 1. The molecule has 0 spiro atoms. The van der Waals surface area contributed by atoms with Crippen LogP contribution in [0, 0.1) is 19.7 Å². The summed E-state index contributed by atoms with van der Waals surface area (Å²) in [6, 6.07) is 29.7. The Kier molecular flexibility index (Phi) is 7.15. The van der Waals surface area contributed by atoms with Crippen molar-refractivity contribution < 1.29 is 13.9 Å². The number of aromatic nitrogens is 2. The van der Waals surface area contributed by atoms with E-state index in [1.165, 1.54) is 12.1 Å². The molecule has 0 radical (unpaired) electrons. The zero-order valence-electron chi connectivity index (χ0n) is 22.9. The Balaban J connectivity index is 1.38. The predicted octanol–water partition coefficient (Wildman–Crippen LogP) is 7.61. The third kappa shape index (κ3) is 5.14. The number of hydrogen-bond acceptors (Lipinski definition) is 4. The van der Waals surface area contributed by atoms with Crippen LogP contribution in [0.25, 0.3) is 5.69 Å². The molecule has 1 aliphatic heterocycles. The maximum absolute atomic E-state index is 13.7. The van der Waals surface area contributed by atoms with Crippen LogP contribution in [0.2, 0.25) is 0 Å². The Labute approximate surface area is 244 Å². The molecule has 2 atom stereocenters. The number of pyridine rings is 1. The molecule has 1 saturated heterocycles. The lowest BCUT2D eigenvalue weighted by Gasteiger charge is -2.28. The van der Waals surface area contributed by atoms with Gasteiger partial charge in [-0.3, -0.25) is 4.98 Å². The van der Waals surface area contributed by atoms with Crippen LogP contribution >= 0.6 is 12.2 Å². The molecule has 6 rings (SSSR count). The molecule has 206 valence electrons. The first-order chi connectivity index (χ1) is 19.9. The Morgan fingerprint density at radius 2 is 1.46 bits per heavy atom. The molecule has 0 unspecified atom stereocenters. The average molecular weight is 565 g/mol. The van der Waals surface area contributed by atoms with E-state index in [0.29, 0.717) is 10.9 Å². The highest BCUT2D eigenvalue weighted by molar-refractivity contribution is 7.80. The van der Waals surface area contributed by atoms with Crippen LogP contribution in [0.4, 0.5) is 10.1 Å². The highest BCUT2D eigenvalue weighted by atomic mass is 32.1. The van der Waals surface area contributed by atoms with Crippen molar-refractivity contribution >= 4 is 23.0 Å². The minimum Gasteiger partial charge on any atom is -0.497 e. The molecule has 41 heavy (non-hydrogen) atoms. The van der Waals surface area contributed by atoms with Gasteiger partial charge < -0.3 is 24.3 Å². The van der Waals surface area contributed by atoms with Gasteiger partial charge in [-0.05, 0) is 123 Å². The normalized spacial score (nSPS) is 16.5. The molecule has 8 heteroatoms. The van der Waals surface area contributed by atoms with Gasteiger partial charge in [0.1, 0.15) is 23.1 Å². The minimum atomic E-state index is -0.261. The van der Waals surface area contributed by atoms with Crippen molar-refractivity contribution in [1.29, 1.82) is 0 Å². The Hall–Kier alpha value is -4.69. The van der Waals surface area contributed by atoms with Crippen LogP contribution in [0.15, 0.2) is 103 Å². The zero-order chi connectivity index (χ0) is 28.5. The lowest BCUT2D eigenvalue weighted by atomic mass is 9.96. The van der Waals surface area contributed by atoms with E-state index in [1.54, 1.807) is 25.4 Å². The van der Waals surface area contributed by atoms with Gasteiger partial charge in [0.2, 0.25) is 0 Å². The highest BCUT2D eigenvalue weighted by Crippen LogP contribution is 2.44. The number of nitrogens with one attached hydrogen (secondary N) is 1. The van der Waals surface area contributed by atoms with Crippen molar-refractivity contribution in [3.8, 4) is 22.9 Å². The number of anilines is 1. The summed E-state index contributed by atoms with van der Waals surface area (Å²) in [4.78, 5) is 6.81. The molecule has 0 saturated carbocycles. The molecule has 5 aromatic rings. The van der Waals surface area contributed by atoms with Crippen LogP contribution in [0.3, 0.4) is 0 Å². The van der Waals surface area contributed by atoms with Crippen LogP contribution in [0.5, 0.6) is 17.2 Å². The summed E-state index contributed by atoms with van der Waals surface area (Å²) in [5, 5.41) is 4.14. The molecular weight excluding hydrogens is 535 g/mol. The third-order valence-corrected chi connectivity index (χ3v) is 7.70. The van der Waals surface area contributed by atoms with E-state index in [1.807, 2.05) is 66.7 Å². The fourth-order valence-electron chi connectivity index (χ4n) is 5.48. The van der Waals surface area contributed by atoms with E-state index in [0.717, 1.165) is 45.5 Å². The number of thiocarbonyl (C=S) groups is 1. The molecule has 6 nitrogen and oxygen atoms in total. The van der Waals surface area contributed by atoms with Gasteiger partial charge in [0.25, 0.3) is 0 Å². The lowest BCUT2D eigenvalue weighted by Crippen LogP contribution is -2.29. The first kappa shape index (κ1) is 26.5. The van der Waals surface area contributed by atoms with Crippen LogP contribution in [0.1, 0.15) is 34.7 Å². The second-order valence-corrected chi connectivity index (χ2v) is 10.3. The van der Waals surface area contributed by atoms with Crippen LogP contribution < -0.4 is 19.7 Å². The molecule has 2 aromatic heterocycles. The quantitative estimate of drug-likeness (QED) is 0.205. The molecule has 1 fully saturated rings. The monoisotopic (exact) mass is 564 g/mol. The van der Waals surface area contributed by atoms with E-state index in [9.17, 15) is 4.39 Å². The summed E-state index contributed by atoms with van der Waals surface area (Å²) in [5.41, 5.74) is 5.93. The van der Waals surface area contributed by atoms with E-state index in [-0.39, 0.29) is 17.9 Å². The number of benzene rings is 3. The smallest absolute Gasteiger partial charge is 0.174 e. The van der Waals surface area contributed by atoms with Crippen molar-refractivity contribution in [2.45, 2.75) is 25.9 Å². The van der Waals surface area contributed by atoms with E-state index in [4.69, 9.17) is 21.7 Å². The summed E-state index contributed by atoms with van der Waals surface area (Å²) in [6.07, 6.45) is 1.80. The molecule has 1 N–H and O–H groups in total. The Bertz CT molecular complexity index is 1670. The second-order valence-electron chi connectivity index (χ2n) is 9.91. The SMILES string of the molecule is COc1ccc(Oc2ccc(N3C(=S)N[C@H](c4ccccn4)[C@@H]3c3cc(C)n(-c4ccc(F)cc4)c3C)cc2)cc1. The summed E-state index contributed by atoms with van der Waals surface area (Å²) >= 11 is 5.92. The van der Waals surface area contributed by atoms with Crippen molar-refractivity contribution in [2.24, 2.45) is 0 Å². The van der Waals surface area contributed by atoms with Gasteiger partial charge >= 0.3 is 0 Å². The third-order valence-electron chi connectivity index (χ3n) is 7.38. The van der Waals surface area contributed by atoms with Crippen LogP contribution in [-0.4, -0.2) is 21.8 Å². The number of nitrogens with zero attached hydrogens (tertiary/aromatic N) is 3. The van der Waals surface area contributed by atoms with Crippen molar-refractivity contribution in [1.82, 2.24) is 14.9 Å². The van der Waals surface area contributed by atoms with Gasteiger partial charge in [0, 0.05) is 29.0 Å². The van der Waals surface area contributed by atoms with E-state index < -0.39 is 0 Å². The molecule has 3 aromatic carbocycles. The summed E-state index contributed by atoms with van der Waals surface area (Å²) in [5.74, 6) is 1.94. The zero-order valence-corrected chi connectivity index (χ0v) is 23.7. The largest absolute Gasteiger partial charge is 0.497 e. The summed E-state index contributed by atoms with van der Waals surface area (Å²) in [6.45, 7) is 4.15. The molecule has 0 bridgehead atoms. The van der Waals surface area contributed by atoms with Crippen molar-refractivity contribution in [3.05, 3.63) is 132 Å².